The van der Waals surface area contributed by atoms with Gasteiger partial charge in [0.25, 0.3) is 0 Å². The van der Waals surface area contributed by atoms with Gasteiger partial charge in [-0.15, -0.1) is 5.10 Å². The van der Waals surface area contributed by atoms with Crippen LogP contribution < -0.4 is 10.1 Å². The van der Waals surface area contributed by atoms with Gasteiger partial charge in [0.05, 0.1) is 12.3 Å². The van der Waals surface area contributed by atoms with Gasteiger partial charge < -0.3 is 19.5 Å². The fourth-order valence-electron chi connectivity index (χ4n) is 2.65. The number of hydrogen-bond acceptors (Lipinski definition) is 6. The first kappa shape index (κ1) is 20.5. The lowest BCUT2D eigenvalue weighted by molar-refractivity contribution is -0.119. The van der Waals surface area contributed by atoms with Crippen molar-refractivity contribution in [2.75, 3.05) is 39.4 Å². The number of aryl methyl sites for hydroxylation is 1. The number of rotatable bonds is 9. The Labute approximate surface area is 169 Å². The van der Waals surface area contributed by atoms with Crippen molar-refractivity contribution in [3.05, 3.63) is 54.1 Å². The van der Waals surface area contributed by atoms with Crippen molar-refractivity contribution in [2.24, 2.45) is 0 Å². The summed E-state index contributed by atoms with van der Waals surface area (Å²) in [5.41, 5.74) is 3.54. The van der Waals surface area contributed by atoms with Gasteiger partial charge in [-0.3, -0.25) is 4.79 Å². The van der Waals surface area contributed by atoms with Crippen molar-refractivity contribution in [1.82, 2.24) is 14.8 Å². The predicted octanol–water partition coefficient (Wildman–Crippen LogP) is 2.85. The van der Waals surface area contributed by atoms with E-state index in [1.54, 1.807) is 23.9 Å². The molecule has 1 heterocycles. The Morgan fingerprint density at radius 3 is 2.38 bits per heavy atom. The molecular formula is C21H24N4O4. The van der Waals surface area contributed by atoms with Crippen LogP contribution in [-0.2, 0) is 14.3 Å². The van der Waals surface area contributed by atoms with Crippen molar-refractivity contribution in [3.63, 3.8) is 0 Å². The smallest absolute Gasteiger partial charge is 0.336 e. The number of nitrogens with zero attached hydrogens (tertiary/aromatic N) is 3. The number of carbonyl (C=O) groups excluding carboxylic acids is 1. The Morgan fingerprint density at radius 2 is 1.72 bits per heavy atom. The Kier molecular flexibility index (Phi) is 6.94. The number of amides is 1. The molecule has 8 nitrogen and oxygen atoms in total. The average molecular weight is 396 g/mol. The molecule has 0 aliphatic heterocycles. The summed E-state index contributed by atoms with van der Waals surface area (Å²) >= 11 is 0. The molecule has 0 saturated heterocycles. The van der Waals surface area contributed by atoms with Crippen molar-refractivity contribution < 1.29 is 19.0 Å². The summed E-state index contributed by atoms with van der Waals surface area (Å²) in [6, 6.07) is 15.6. The Hall–Kier alpha value is -3.23. The maximum atomic E-state index is 11.7. The van der Waals surface area contributed by atoms with Gasteiger partial charge in [-0.05, 0) is 31.2 Å². The zero-order chi connectivity index (χ0) is 20.6. The molecule has 0 aliphatic carbocycles. The van der Waals surface area contributed by atoms with E-state index in [1.165, 1.54) is 7.11 Å². The highest BCUT2D eigenvalue weighted by Crippen LogP contribution is 2.24. The van der Waals surface area contributed by atoms with Gasteiger partial charge >= 0.3 is 6.01 Å². The standard InChI is InChI=1S/C21H24N4O4/c1-15-4-6-16(7-5-15)20-23-21(29-13-12-27-2)24-25(20)18-10-8-17(9-11-18)22-19(26)14-28-3/h4-11H,12-14H2,1-3H3,(H,22,26). The highest BCUT2D eigenvalue weighted by atomic mass is 16.5. The van der Waals surface area contributed by atoms with Crippen LogP contribution >= 0.6 is 0 Å². The Morgan fingerprint density at radius 1 is 1.00 bits per heavy atom. The molecule has 1 N–H and O–H groups in total. The molecule has 29 heavy (non-hydrogen) atoms. The van der Waals surface area contributed by atoms with Gasteiger partial charge in [-0.25, -0.2) is 4.68 Å². The molecule has 3 aromatic rings. The molecule has 1 amide bonds. The minimum absolute atomic E-state index is 0.00454. The largest absolute Gasteiger partial charge is 0.460 e. The fourth-order valence-corrected chi connectivity index (χ4v) is 2.65. The van der Waals surface area contributed by atoms with E-state index in [0.717, 1.165) is 16.8 Å². The quantitative estimate of drug-likeness (QED) is 0.560. The van der Waals surface area contributed by atoms with E-state index < -0.39 is 0 Å². The fraction of sp³-hybridized carbons (Fsp3) is 0.286. The van der Waals surface area contributed by atoms with Gasteiger partial charge in [0.1, 0.15) is 13.2 Å². The van der Waals surface area contributed by atoms with Crippen LogP contribution in [-0.4, -0.2) is 54.7 Å². The first-order valence-corrected chi connectivity index (χ1v) is 9.16. The molecular weight excluding hydrogens is 372 g/mol. The number of ether oxygens (including phenoxy) is 3. The lowest BCUT2D eigenvalue weighted by atomic mass is 10.1. The highest BCUT2D eigenvalue weighted by Gasteiger charge is 2.15. The number of hydrogen-bond donors (Lipinski definition) is 1. The van der Waals surface area contributed by atoms with E-state index in [0.29, 0.717) is 24.7 Å². The monoisotopic (exact) mass is 396 g/mol. The molecule has 1 aromatic heterocycles. The molecule has 0 saturated carbocycles. The number of nitrogens with one attached hydrogen (secondary N) is 1. The van der Waals surface area contributed by atoms with Gasteiger partial charge in [-0.1, -0.05) is 29.8 Å². The minimum Gasteiger partial charge on any atom is -0.460 e. The van der Waals surface area contributed by atoms with Gasteiger partial charge in [0.15, 0.2) is 5.82 Å². The second kappa shape index (κ2) is 9.81. The van der Waals surface area contributed by atoms with E-state index in [9.17, 15) is 4.79 Å². The van der Waals surface area contributed by atoms with Crippen LogP contribution in [0.3, 0.4) is 0 Å². The second-order valence-corrected chi connectivity index (χ2v) is 6.37. The zero-order valence-corrected chi connectivity index (χ0v) is 16.7. The van der Waals surface area contributed by atoms with Crippen LogP contribution in [0.15, 0.2) is 48.5 Å². The molecule has 0 unspecified atom stereocenters. The number of methoxy groups -OCH3 is 2. The van der Waals surface area contributed by atoms with E-state index in [4.69, 9.17) is 14.2 Å². The van der Waals surface area contributed by atoms with E-state index in [1.807, 2.05) is 43.3 Å². The van der Waals surface area contributed by atoms with Crippen molar-refractivity contribution >= 4 is 11.6 Å². The molecule has 152 valence electrons. The summed E-state index contributed by atoms with van der Waals surface area (Å²) in [6.45, 7) is 2.84. The van der Waals surface area contributed by atoms with Crippen LogP contribution in [0.5, 0.6) is 6.01 Å². The molecule has 3 rings (SSSR count). The summed E-state index contributed by atoms with van der Waals surface area (Å²) in [5.74, 6) is 0.448. The van der Waals surface area contributed by atoms with Crippen molar-refractivity contribution in [2.45, 2.75) is 6.92 Å². The SMILES string of the molecule is COCCOc1nc(-c2ccc(C)cc2)n(-c2ccc(NC(=O)COC)cc2)n1. The van der Waals surface area contributed by atoms with E-state index in [2.05, 4.69) is 15.4 Å². The maximum Gasteiger partial charge on any atom is 0.336 e. The summed E-state index contributed by atoms with van der Waals surface area (Å²) < 4.78 is 17.2. The molecule has 0 bridgehead atoms. The number of anilines is 1. The topological polar surface area (TPSA) is 87.5 Å². The van der Waals surface area contributed by atoms with Crippen LogP contribution in [0, 0.1) is 6.92 Å². The lowest BCUT2D eigenvalue weighted by Crippen LogP contribution is -2.17. The number of benzene rings is 2. The summed E-state index contributed by atoms with van der Waals surface area (Å²) in [4.78, 5) is 16.2. The van der Waals surface area contributed by atoms with E-state index >= 15 is 0 Å². The Bertz CT molecular complexity index is 936. The maximum absolute atomic E-state index is 11.7. The normalized spacial score (nSPS) is 10.7. The predicted molar refractivity (Wildman–Crippen MR) is 109 cm³/mol. The zero-order valence-electron chi connectivity index (χ0n) is 16.7. The number of aromatic nitrogens is 3. The van der Waals surface area contributed by atoms with Crippen LogP contribution in [0.25, 0.3) is 17.1 Å². The minimum atomic E-state index is -0.213. The number of carbonyl (C=O) groups is 1. The van der Waals surface area contributed by atoms with Gasteiger partial charge in [0.2, 0.25) is 5.91 Å². The molecule has 8 heteroatoms. The molecule has 0 fully saturated rings. The van der Waals surface area contributed by atoms with Crippen LogP contribution in [0.4, 0.5) is 5.69 Å². The van der Waals surface area contributed by atoms with Crippen molar-refractivity contribution in [3.8, 4) is 23.1 Å². The van der Waals surface area contributed by atoms with Gasteiger partial charge in [0, 0.05) is 25.5 Å². The molecule has 2 aromatic carbocycles. The summed E-state index contributed by atoms with van der Waals surface area (Å²) in [6.07, 6.45) is 0. The molecule has 0 aliphatic rings. The first-order chi connectivity index (χ1) is 14.1. The third kappa shape index (κ3) is 5.40. The third-order valence-corrected chi connectivity index (χ3v) is 4.09. The van der Waals surface area contributed by atoms with Crippen LogP contribution in [0.1, 0.15) is 5.56 Å². The third-order valence-electron chi connectivity index (χ3n) is 4.09. The highest BCUT2D eigenvalue weighted by molar-refractivity contribution is 5.91. The first-order valence-electron chi connectivity index (χ1n) is 9.16. The second-order valence-electron chi connectivity index (χ2n) is 6.37. The molecule has 0 spiro atoms. The van der Waals surface area contributed by atoms with Gasteiger partial charge in [-0.2, -0.15) is 4.98 Å². The van der Waals surface area contributed by atoms with Crippen LogP contribution in [0.2, 0.25) is 0 Å². The lowest BCUT2D eigenvalue weighted by Gasteiger charge is -2.08. The Balaban J connectivity index is 1.89. The molecule has 0 atom stereocenters. The van der Waals surface area contributed by atoms with E-state index in [-0.39, 0.29) is 18.5 Å². The molecule has 0 radical (unpaired) electrons. The average Bonchev–Trinajstić information content (AvgIpc) is 3.14. The van der Waals surface area contributed by atoms with Crippen molar-refractivity contribution in [1.29, 1.82) is 0 Å². The summed E-state index contributed by atoms with van der Waals surface area (Å²) in [5, 5.41) is 7.26. The summed E-state index contributed by atoms with van der Waals surface area (Å²) in [7, 11) is 3.09.